The van der Waals surface area contributed by atoms with Crippen molar-refractivity contribution in [3.05, 3.63) is 123 Å². The molecule has 5 aromatic rings. The molecule has 9 heteroatoms. The summed E-state index contributed by atoms with van der Waals surface area (Å²) in [6.45, 7) is 2.56. The lowest BCUT2D eigenvalue weighted by Crippen LogP contribution is -2.10. The SMILES string of the molecule is Cc1ccn2c(NCc3ccccc3)c(-c3ccccc3OC(=O)c3ccc([N+](=O)[O-])cc3Cl)nc2c1. The highest BCUT2D eigenvalue weighted by molar-refractivity contribution is 6.33. The molecular formula is C28H21ClN4O4. The number of hydrogen-bond acceptors (Lipinski definition) is 6. The van der Waals surface area contributed by atoms with Gasteiger partial charge in [0, 0.05) is 30.4 Å². The molecule has 0 fully saturated rings. The Morgan fingerprint density at radius 2 is 1.81 bits per heavy atom. The molecule has 0 aliphatic carbocycles. The zero-order valence-electron chi connectivity index (χ0n) is 19.7. The lowest BCUT2D eigenvalue weighted by Gasteiger charge is -2.12. The summed E-state index contributed by atoms with van der Waals surface area (Å²) in [5, 5.41) is 14.4. The van der Waals surface area contributed by atoms with Gasteiger partial charge in [-0.2, -0.15) is 0 Å². The van der Waals surface area contributed by atoms with Crippen LogP contribution in [0.2, 0.25) is 5.02 Å². The van der Waals surface area contributed by atoms with E-state index in [0.717, 1.165) is 28.7 Å². The van der Waals surface area contributed by atoms with Crippen molar-refractivity contribution in [1.82, 2.24) is 9.38 Å². The Morgan fingerprint density at radius 3 is 2.57 bits per heavy atom. The van der Waals surface area contributed by atoms with E-state index in [0.29, 0.717) is 17.8 Å². The number of nitro groups is 1. The molecule has 0 spiro atoms. The van der Waals surface area contributed by atoms with Crippen molar-refractivity contribution in [2.75, 3.05) is 5.32 Å². The highest BCUT2D eigenvalue weighted by Gasteiger charge is 2.21. The summed E-state index contributed by atoms with van der Waals surface area (Å²) in [5.41, 5.74) is 3.93. The Labute approximate surface area is 217 Å². The van der Waals surface area contributed by atoms with Crippen LogP contribution in [0.1, 0.15) is 21.5 Å². The number of benzene rings is 3. The van der Waals surface area contributed by atoms with Crippen molar-refractivity contribution in [1.29, 1.82) is 0 Å². The lowest BCUT2D eigenvalue weighted by atomic mass is 10.1. The molecule has 0 saturated heterocycles. The molecule has 0 radical (unpaired) electrons. The number of nitrogens with zero attached hydrogens (tertiary/aromatic N) is 3. The van der Waals surface area contributed by atoms with Crippen molar-refractivity contribution >= 4 is 34.7 Å². The van der Waals surface area contributed by atoms with Gasteiger partial charge in [0.05, 0.1) is 15.5 Å². The van der Waals surface area contributed by atoms with E-state index in [-0.39, 0.29) is 22.0 Å². The number of nitrogens with one attached hydrogen (secondary N) is 1. The molecule has 0 aliphatic rings. The van der Waals surface area contributed by atoms with Crippen LogP contribution in [0.15, 0.2) is 91.1 Å². The minimum absolute atomic E-state index is 0.0233. The van der Waals surface area contributed by atoms with Crippen molar-refractivity contribution in [2.45, 2.75) is 13.5 Å². The number of aromatic nitrogens is 2. The number of rotatable bonds is 7. The number of nitro benzene ring substituents is 1. The van der Waals surface area contributed by atoms with Gasteiger partial charge >= 0.3 is 5.97 Å². The number of esters is 1. The molecule has 1 N–H and O–H groups in total. The largest absolute Gasteiger partial charge is 0.422 e. The number of para-hydroxylation sites is 1. The Hall–Kier alpha value is -4.69. The molecule has 0 bridgehead atoms. The lowest BCUT2D eigenvalue weighted by molar-refractivity contribution is -0.384. The van der Waals surface area contributed by atoms with E-state index >= 15 is 0 Å². The summed E-state index contributed by atoms with van der Waals surface area (Å²) in [6.07, 6.45) is 1.94. The third-order valence-electron chi connectivity index (χ3n) is 5.81. The van der Waals surface area contributed by atoms with Crippen molar-refractivity contribution in [3.8, 4) is 17.0 Å². The van der Waals surface area contributed by atoms with E-state index in [1.54, 1.807) is 12.1 Å². The summed E-state index contributed by atoms with van der Waals surface area (Å²) >= 11 is 6.15. The number of halogens is 1. The Balaban J connectivity index is 1.53. The molecule has 0 atom stereocenters. The second-order valence-corrected chi connectivity index (χ2v) is 8.79. The maximum atomic E-state index is 13.0. The minimum atomic E-state index is -0.731. The standard InChI is InChI=1S/C28H21ClN4O4/c1-18-13-14-32-25(15-18)31-26(27(32)30-17-19-7-3-2-4-8-19)22-9-5-6-10-24(22)37-28(34)21-12-11-20(33(35)36)16-23(21)29/h2-16,30H,17H2,1H3. The number of pyridine rings is 1. The van der Waals surface area contributed by atoms with Crippen LogP contribution in [-0.2, 0) is 6.54 Å². The molecule has 184 valence electrons. The maximum absolute atomic E-state index is 13.0. The van der Waals surface area contributed by atoms with Crippen LogP contribution >= 0.6 is 11.6 Å². The molecule has 2 heterocycles. The highest BCUT2D eigenvalue weighted by atomic mass is 35.5. The van der Waals surface area contributed by atoms with Crippen molar-refractivity contribution < 1.29 is 14.5 Å². The van der Waals surface area contributed by atoms with Gasteiger partial charge in [-0.05, 0) is 48.4 Å². The van der Waals surface area contributed by atoms with Gasteiger partial charge in [-0.1, -0.05) is 54.1 Å². The van der Waals surface area contributed by atoms with Crippen LogP contribution < -0.4 is 10.1 Å². The van der Waals surface area contributed by atoms with E-state index in [1.807, 2.05) is 72.1 Å². The first-order valence-corrected chi connectivity index (χ1v) is 11.8. The molecular weight excluding hydrogens is 492 g/mol. The fourth-order valence-corrected chi connectivity index (χ4v) is 4.23. The van der Waals surface area contributed by atoms with E-state index < -0.39 is 10.9 Å². The number of aryl methyl sites for hydroxylation is 1. The molecule has 0 saturated carbocycles. The Kier molecular flexibility index (Phi) is 6.57. The van der Waals surface area contributed by atoms with E-state index in [9.17, 15) is 14.9 Å². The Bertz CT molecular complexity index is 1630. The Morgan fingerprint density at radius 1 is 1.05 bits per heavy atom. The molecule has 0 unspecified atom stereocenters. The van der Waals surface area contributed by atoms with Gasteiger partial charge < -0.3 is 10.1 Å². The highest BCUT2D eigenvalue weighted by Crippen LogP contribution is 2.36. The van der Waals surface area contributed by atoms with E-state index in [2.05, 4.69) is 5.32 Å². The van der Waals surface area contributed by atoms with Crippen LogP contribution in [0.5, 0.6) is 5.75 Å². The monoisotopic (exact) mass is 512 g/mol. The minimum Gasteiger partial charge on any atom is -0.422 e. The second kappa shape index (κ2) is 10.1. The van der Waals surface area contributed by atoms with E-state index in [1.165, 1.54) is 12.1 Å². The van der Waals surface area contributed by atoms with Crippen LogP contribution in [0.4, 0.5) is 11.5 Å². The molecule has 37 heavy (non-hydrogen) atoms. The molecule has 5 rings (SSSR count). The van der Waals surface area contributed by atoms with E-state index in [4.69, 9.17) is 21.3 Å². The number of carbonyl (C=O) groups is 1. The number of hydrogen-bond donors (Lipinski definition) is 1. The number of fused-ring (bicyclic) bond motifs is 1. The second-order valence-electron chi connectivity index (χ2n) is 8.39. The van der Waals surface area contributed by atoms with Crippen molar-refractivity contribution in [2.24, 2.45) is 0 Å². The number of carbonyl (C=O) groups excluding carboxylic acids is 1. The van der Waals surface area contributed by atoms with Gasteiger partial charge in [0.2, 0.25) is 0 Å². The van der Waals surface area contributed by atoms with Gasteiger partial charge in [-0.3, -0.25) is 14.5 Å². The third kappa shape index (κ3) is 5.00. The van der Waals surface area contributed by atoms with Crippen LogP contribution in [0, 0.1) is 17.0 Å². The fourth-order valence-electron chi connectivity index (χ4n) is 3.97. The summed E-state index contributed by atoms with van der Waals surface area (Å²) < 4.78 is 7.69. The third-order valence-corrected chi connectivity index (χ3v) is 6.13. The summed E-state index contributed by atoms with van der Waals surface area (Å²) in [6, 6.07) is 24.7. The number of imidazole rings is 1. The van der Waals surface area contributed by atoms with Crippen LogP contribution in [0.3, 0.4) is 0 Å². The summed E-state index contributed by atoms with van der Waals surface area (Å²) in [4.78, 5) is 28.3. The number of anilines is 1. The number of non-ortho nitro benzene ring substituents is 1. The molecule has 2 aromatic heterocycles. The molecule has 8 nitrogen and oxygen atoms in total. The maximum Gasteiger partial charge on any atom is 0.345 e. The zero-order valence-corrected chi connectivity index (χ0v) is 20.5. The van der Waals surface area contributed by atoms with Crippen molar-refractivity contribution in [3.63, 3.8) is 0 Å². The predicted molar refractivity (Wildman–Crippen MR) is 142 cm³/mol. The van der Waals surface area contributed by atoms with Gasteiger partial charge in [0.15, 0.2) is 0 Å². The van der Waals surface area contributed by atoms with Crippen LogP contribution in [0.25, 0.3) is 16.9 Å². The summed E-state index contributed by atoms with van der Waals surface area (Å²) in [7, 11) is 0. The van der Waals surface area contributed by atoms with Gasteiger partial charge in [-0.25, -0.2) is 9.78 Å². The number of ether oxygens (including phenoxy) is 1. The topological polar surface area (TPSA) is 98.8 Å². The van der Waals surface area contributed by atoms with Gasteiger partial charge in [0.1, 0.15) is 22.9 Å². The first kappa shape index (κ1) is 24.0. The first-order chi connectivity index (χ1) is 17.9. The van der Waals surface area contributed by atoms with Gasteiger partial charge in [0.25, 0.3) is 5.69 Å². The molecule has 3 aromatic carbocycles. The molecule has 0 amide bonds. The van der Waals surface area contributed by atoms with Crippen LogP contribution in [-0.4, -0.2) is 20.3 Å². The zero-order chi connectivity index (χ0) is 25.9. The first-order valence-electron chi connectivity index (χ1n) is 11.4. The average Bonchev–Trinajstić information content (AvgIpc) is 3.25. The fraction of sp³-hybridized carbons (Fsp3) is 0.0714. The summed E-state index contributed by atoms with van der Waals surface area (Å²) in [5.74, 6) is 0.297. The smallest absolute Gasteiger partial charge is 0.345 e. The average molecular weight is 513 g/mol. The van der Waals surface area contributed by atoms with Gasteiger partial charge in [-0.15, -0.1) is 0 Å². The quantitative estimate of drug-likeness (QED) is 0.113. The normalized spacial score (nSPS) is 10.9. The predicted octanol–water partition coefficient (Wildman–Crippen LogP) is 6.70. The molecule has 0 aliphatic heterocycles.